The molecule has 0 saturated heterocycles. The molecule has 3 aromatic rings. The Morgan fingerprint density at radius 3 is 3.05 bits per heavy atom. The Morgan fingerprint density at radius 1 is 1.45 bits per heavy atom. The number of nitrogens with zero attached hydrogens (tertiary/aromatic N) is 1. The van der Waals surface area contributed by atoms with Crippen LogP contribution in [0.1, 0.15) is 27.3 Å². The minimum atomic E-state index is -1.07. The molecule has 0 saturated carbocycles. The van der Waals surface area contributed by atoms with Crippen LogP contribution in [-0.4, -0.2) is 20.9 Å². The summed E-state index contributed by atoms with van der Waals surface area (Å²) in [6.45, 7) is 0. The highest BCUT2D eigenvalue weighted by atomic mass is 32.1. The Kier molecular flexibility index (Phi) is 3.33. The first kappa shape index (κ1) is 12.9. The van der Waals surface area contributed by atoms with Gasteiger partial charge in [0, 0.05) is 22.5 Å². The van der Waals surface area contributed by atoms with Crippen molar-refractivity contribution < 1.29 is 9.90 Å². The van der Waals surface area contributed by atoms with Crippen LogP contribution in [0.3, 0.4) is 0 Å². The standard InChI is InChI=1S/C13H12N4O2S/c14-17-12(19)10-6-20-13(16-10)11(18)8-5-15-9-4-2-1-3-7(8)9/h1-6,12,15,17,19H,14H2. The van der Waals surface area contributed by atoms with E-state index in [1.807, 2.05) is 24.3 Å². The first-order valence-corrected chi connectivity index (χ1v) is 6.79. The number of hydrogen-bond donors (Lipinski definition) is 4. The van der Waals surface area contributed by atoms with Gasteiger partial charge in [-0.05, 0) is 6.07 Å². The average molecular weight is 288 g/mol. The minimum absolute atomic E-state index is 0.178. The molecule has 0 spiro atoms. The lowest BCUT2D eigenvalue weighted by Crippen LogP contribution is -2.27. The van der Waals surface area contributed by atoms with E-state index >= 15 is 0 Å². The molecule has 2 aromatic heterocycles. The van der Waals surface area contributed by atoms with Gasteiger partial charge in [-0.15, -0.1) is 11.3 Å². The zero-order valence-corrected chi connectivity index (χ0v) is 11.1. The van der Waals surface area contributed by atoms with Crippen molar-refractivity contribution in [3.05, 3.63) is 52.1 Å². The topological polar surface area (TPSA) is 104 Å². The maximum Gasteiger partial charge on any atom is 0.223 e. The predicted molar refractivity (Wildman–Crippen MR) is 76.1 cm³/mol. The van der Waals surface area contributed by atoms with Gasteiger partial charge in [-0.3, -0.25) is 10.6 Å². The van der Waals surface area contributed by atoms with Gasteiger partial charge in [0.1, 0.15) is 0 Å². The van der Waals surface area contributed by atoms with Crippen LogP contribution in [0.2, 0.25) is 0 Å². The highest BCUT2D eigenvalue weighted by molar-refractivity contribution is 7.12. The second-order valence-corrected chi connectivity index (χ2v) is 5.08. The summed E-state index contributed by atoms with van der Waals surface area (Å²) in [7, 11) is 0. The molecule has 0 aliphatic carbocycles. The molecule has 1 unspecified atom stereocenters. The number of aromatic amines is 1. The molecule has 0 aliphatic rings. The number of ketones is 1. The molecule has 6 nitrogen and oxygen atoms in total. The van der Waals surface area contributed by atoms with E-state index in [-0.39, 0.29) is 5.78 Å². The summed E-state index contributed by atoms with van der Waals surface area (Å²) in [6.07, 6.45) is 0.599. The number of hydrazine groups is 1. The van der Waals surface area contributed by atoms with E-state index in [4.69, 9.17) is 5.84 Å². The fourth-order valence-electron chi connectivity index (χ4n) is 1.98. The molecule has 0 amide bonds. The molecular weight excluding hydrogens is 276 g/mol. The molecule has 7 heteroatoms. The van der Waals surface area contributed by atoms with Crippen LogP contribution < -0.4 is 11.3 Å². The number of nitrogens with one attached hydrogen (secondary N) is 2. The highest BCUT2D eigenvalue weighted by Crippen LogP contribution is 2.23. The van der Waals surface area contributed by atoms with Gasteiger partial charge in [0.25, 0.3) is 0 Å². The van der Waals surface area contributed by atoms with E-state index in [0.717, 1.165) is 10.9 Å². The maximum absolute atomic E-state index is 12.4. The highest BCUT2D eigenvalue weighted by Gasteiger charge is 2.19. The molecular formula is C13H12N4O2S. The van der Waals surface area contributed by atoms with Gasteiger partial charge >= 0.3 is 0 Å². The van der Waals surface area contributed by atoms with E-state index < -0.39 is 6.23 Å². The molecule has 0 radical (unpaired) electrons. The first-order valence-electron chi connectivity index (χ1n) is 5.91. The third-order valence-electron chi connectivity index (χ3n) is 2.99. The number of carbonyl (C=O) groups excluding carboxylic acids is 1. The molecule has 0 fully saturated rings. The summed E-state index contributed by atoms with van der Waals surface area (Å²) in [5, 5.41) is 12.3. The number of benzene rings is 1. The van der Waals surface area contributed by atoms with E-state index in [1.165, 1.54) is 11.3 Å². The van der Waals surface area contributed by atoms with Crippen LogP contribution in [0, 0.1) is 0 Å². The van der Waals surface area contributed by atoms with Crippen molar-refractivity contribution in [3.63, 3.8) is 0 Å². The fraction of sp³-hybridized carbons (Fsp3) is 0.0769. The van der Waals surface area contributed by atoms with E-state index in [0.29, 0.717) is 16.3 Å². The molecule has 5 N–H and O–H groups in total. The van der Waals surface area contributed by atoms with Crippen molar-refractivity contribution in [1.82, 2.24) is 15.4 Å². The molecule has 102 valence electrons. The Labute approximate surface area is 118 Å². The van der Waals surface area contributed by atoms with Crippen LogP contribution >= 0.6 is 11.3 Å². The normalized spacial score (nSPS) is 12.7. The number of rotatable bonds is 4. The minimum Gasteiger partial charge on any atom is -0.371 e. The number of hydrogen-bond acceptors (Lipinski definition) is 6. The lowest BCUT2D eigenvalue weighted by molar-refractivity contribution is 0.103. The molecule has 0 aliphatic heterocycles. The Bertz CT molecular complexity index is 764. The van der Waals surface area contributed by atoms with Gasteiger partial charge < -0.3 is 10.1 Å². The van der Waals surface area contributed by atoms with Gasteiger partial charge in [-0.1, -0.05) is 18.2 Å². The zero-order chi connectivity index (χ0) is 14.1. The van der Waals surface area contributed by atoms with Crippen LogP contribution in [0.4, 0.5) is 0 Å². The summed E-state index contributed by atoms with van der Waals surface area (Å²) in [5.74, 6) is 4.96. The van der Waals surface area contributed by atoms with Crippen molar-refractivity contribution in [2.75, 3.05) is 0 Å². The molecule has 20 heavy (non-hydrogen) atoms. The zero-order valence-electron chi connectivity index (χ0n) is 10.3. The van der Waals surface area contributed by atoms with E-state index in [1.54, 1.807) is 11.6 Å². The number of para-hydroxylation sites is 1. The van der Waals surface area contributed by atoms with Crippen molar-refractivity contribution in [1.29, 1.82) is 0 Å². The third kappa shape index (κ3) is 2.12. The fourth-order valence-corrected chi connectivity index (χ4v) is 2.77. The molecule has 1 aromatic carbocycles. The van der Waals surface area contributed by atoms with E-state index in [9.17, 15) is 9.90 Å². The molecule has 2 heterocycles. The monoisotopic (exact) mass is 288 g/mol. The van der Waals surface area contributed by atoms with Crippen molar-refractivity contribution in [2.24, 2.45) is 5.84 Å². The lowest BCUT2D eigenvalue weighted by atomic mass is 10.1. The van der Waals surface area contributed by atoms with Gasteiger partial charge in [0.2, 0.25) is 5.78 Å². The lowest BCUT2D eigenvalue weighted by Gasteiger charge is -2.03. The summed E-state index contributed by atoms with van der Waals surface area (Å²) in [5.41, 5.74) is 3.98. The van der Waals surface area contributed by atoms with Gasteiger partial charge in [-0.25, -0.2) is 10.4 Å². The van der Waals surface area contributed by atoms with Gasteiger partial charge in [0.05, 0.1) is 11.3 Å². The number of aliphatic hydroxyl groups is 1. The number of thiazole rings is 1. The van der Waals surface area contributed by atoms with Crippen molar-refractivity contribution in [3.8, 4) is 0 Å². The van der Waals surface area contributed by atoms with E-state index in [2.05, 4.69) is 15.4 Å². The SMILES string of the molecule is NNC(O)c1csc(C(=O)c2c[nH]c3ccccc23)n1. The molecule has 0 bridgehead atoms. The summed E-state index contributed by atoms with van der Waals surface area (Å²) < 4.78 is 0. The Balaban J connectivity index is 1.98. The molecule has 3 rings (SSSR count). The van der Waals surface area contributed by atoms with Crippen LogP contribution in [0.25, 0.3) is 10.9 Å². The number of fused-ring (bicyclic) bond motifs is 1. The van der Waals surface area contributed by atoms with Crippen LogP contribution in [-0.2, 0) is 0 Å². The maximum atomic E-state index is 12.4. The summed E-state index contributed by atoms with van der Waals surface area (Å²) in [4.78, 5) is 19.6. The number of nitrogens with two attached hydrogens (primary N) is 1. The Morgan fingerprint density at radius 2 is 2.25 bits per heavy atom. The smallest absolute Gasteiger partial charge is 0.223 e. The third-order valence-corrected chi connectivity index (χ3v) is 3.85. The Hall–Kier alpha value is -2.06. The summed E-state index contributed by atoms with van der Waals surface area (Å²) in [6, 6.07) is 7.56. The van der Waals surface area contributed by atoms with Gasteiger partial charge in [0.15, 0.2) is 11.2 Å². The number of aliphatic hydroxyl groups excluding tert-OH is 1. The quantitative estimate of drug-likeness (QED) is 0.251. The summed E-state index contributed by atoms with van der Waals surface area (Å²) >= 11 is 1.18. The van der Waals surface area contributed by atoms with Crippen molar-refractivity contribution >= 4 is 28.0 Å². The molecule has 1 atom stereocenters. The number of H-pyrrole nitrogens is 1. The second-order valence-electron chi connectivity index (χ2n) is 4.22. The largest absolute Gasteiger partial charge is 0.371 e. The average Bonchev–Trinajstić information content (AvgIpc) is 3.12. The first-order chi connectivity index (χ1) is 9.70. The van der Waals surface area contributed by atoms with Gasteiger partial charge in [-0.2, -0.15) is 0 Å². The number of carbonyl (C=O) groups is 1. The predicted octanol–water partition coefficient (Wildman–Crippen LogP) is 1.31. The van der Waals surface area contributed by atoms with Crippen LogP contribution in [0.5, 0.6) is 0 Å². The van der Waals surface area contributed by atoms with Crippen molar-refractivity contribution in [2.45, 2.75) is 6.23 Å². The second kappa shape index (κ2) is 5.14. The number of aromatic nitrogens is 2. The van der Waals surface area contributed by atoms with Crippen LogP contribution in [0.15, 0.2) is 35.8 Å².